The van der Waals surface area contributed by atoms with Crippen LogP contribution < -0.4 is 4.90 Å². The normalized spacial score (nSPS) is 15.9. The van der Waals surface area contributed by atoms with Gasteiger partial charge in [-0.2, -0.15) is 0 Å². The fourth-order valence-corrected chi connectivity index (χ4v) is 12.5. The van der Waals surface area contributed by atoms with Gasteiger partial charge < -0.3 is 9.32 Å². The molecular weight excluding hydrogens is 871 g/mol. The summed E-state index contributed by atoms with van der Waals surface area (Å²) >= 11 is 0. The molecule has 1 heterocycles. The van der Waals surface area contributed by atoms with Gasteiger partial charge in [0.2, 0.25) is 0 Å². The summed E-state index contributed by atoms with van der Waals surface area (Å²) in [5.74, 6) is 0. The summed E-state index contributed by atoms with van der Waals surface area (Å²) in [6.07, 6.45) is 0. The molecule has 0 saturated heterocycles. The Balaban J connectivity index is 1.16. The van der Waals surface area contributed by atoms with Crippen molar-refractivity contribution in [3.8, 4) is 33.4 Å². The van der Waals surface area contributed by atoms with E-state index in [0.717, 1.165) is 50.1 Å². The van der Waals surface area contributed by atoms with Crippen LogP contribution in [-0.4, -0.2) is 0 Å². The maximum Gasteiger partial charge on any atom is 0.143 e. The van der Waals surface area contributed by atoms with Crippen molar-refractivity contribution in [2.45, 2.75) is 103 Å². The van der Waals surface area contributed by atoms with Crippen LogP contribution in [0.15, 0.2) is 199 Å². The molecule has 1 aromatic heterocycles. The third-order valence-electron chi connectivity index (χ3n) is 16.2. The lowest BCUT2D eigenvalue weighted by Gasteiger charge is -2.37. The Morgan fingerprint density at radius 1 is 0.403 bits per heavy atom. The zero-order valence-corrected chi connectivity index (χ0v) is 43.8. The standard InChI is InChI=1S/C70H65NO/c1-66(2,3)45-33-35-47(36-34-45)70(46-21-13-12-14-22-46)57-28-20-29-62(64(57)55-42-60(67(4,5)6)61(43-59(55)70)68(7,8)9)71(49-39-40-52-51-23-15-17-27-56(51)69(10,11)58(52)41-49)48-37-31-44(32-38-48)50-25-19-26-54-53-24-16-18-30-63(53)72-65(50)54/h12-43H,1-11H3. The van der Waals surface area contributed by atoms with Crippen LogP contribution in [0.3, 0.4) is 0 Å². The minimum atomic E-state index is -0.614. The number of para-hydroxylation sites is 2. The second-order valence-corrected chi connectivity index (χ2v) is 24.1. The van der Waals surface area contributed by atoms with Gasteiger partial charge in [0.1, 0.15) is 11.2 Å². The molecule has 0 amide bonds. The van der Waals surface area contributed by atoms with Gasteiger partial charge in [0.05, 0.1) is 11.1 Å². The first kappa shape index (κ1) is 45.7. The number of benzene rings is 9. The van der Waals surface area contributed by atoms with Gasteiger partial charge in [-0.25, -0.2) is 0 Å². The fourth-order valence-electron chi connectivity index (χ4n) is 12.5. The van der Waals surface area contributed by atoms with Crippen LogP contribution in [0, 0.1) is 0 Å². The van der Waals surface area contributed by atoms with Crippen molar-refractivity contribution in [1.82, 2.24) is 0 Å². The summed E-state index contributed by atoms with van der Waals surface area (Å²) in [6.45, 7) is 26.0. The average Bonchev–Trinajstić information content (AvgIpc) is 3.97. The lowest BCUT2D eigenvalue weighted by Crippen LogP contribution is -2.30. The zero-order valence-electron chi connectivity index (χ0n) is 43.8. The minimum absolute atomic E-state index is 0.0124. The second-order valence-electron chi connectivity index (χ2n) is 24.1. The van der Waals surface area contributed by atoms with E-state index in [1.165, 1.54) is 72.3 Å². The van der Waals surface area contributed by atoms with Gasteiger partial charge in [-0.1, -0.05) is 228 Å². The molecule has 0 fully saturated rings. The summed E-state index contributed by atoms with van der Waals surface area (Å²) < 4.78 is 6.59. The molecule has 12 rings (SSSR count). The number of furan rings is 1. The van der Waals surface area contributed by atoms with Crippen LogP contribution in [0.25, 0.3) is 55.3 Å². The highest BCUT2D eigenvalue weighted by molar-refractivity contribution is 6.09. The molecule has 9 aromatic carbocycles. The van der Waals surface area contributed by atoms with Gasteiger partial charge in [-0.05, 0) is 131 Å². The summed E-state index contributed by atoms with van der Waals surface area (Å²) in [5, 5.41) is 2.27. The summed E-state index contributed by atoms with van der Waals surface area (Å²) in [4.78, 5) is 2.55. The Bertz CT molecular complexity index is 3750. The molecule has 1 unspecified atom stereocenters. The van der Waals surface area contributed by atoms with E-state index in [4.69, 9.17) is 4.42 Å². The number of nitrogens with zero attached hydrogens (tertiary/aromatic N) is 1. The van der Waals surface area contributed by atoms with Gasteiger partial charge in [-0.15, -0.1) is 0 Å². The third-order valence-corrected chi connectivity index (χ3v) is 16.2. The van der Waals surface area contributed by atoms with Gasteiger partial charge in [-0.3, -0.25) is 0 Å². The summed E-state index contributed by atoms with van der Waals surface area (Å²) in [5.41, 5.74) is 23.6. The summed E-state index contributed by atoms with van der Waals surface area (Å²) in [6, 6.07) is 73.5. The molecule has 10 aromatic rings. The second kappa shape index (κ2) is 16.0. The predicted molar refractivity (Wildman–Crippen MR) is 305 cm³/mol. The first-order valence-electron chi connectivity index (χ1n) is 25.9. The Kier molecular flexibility index (Phi) is 10.2. The minimum Gasteiger partial charge on any atom is -0.455 e. The predicted octanol–water partition coefficient (Wildman–Crippen LogP) is 19.3. The summed E-state index contributed by atoms with van der Waals surface area (Å²) in [7, 11) is 0. The van der Waals surface area contributed by atoms with Crippen molar-refractivity contribution in [2.75, 3.05) is 4.90 Å². The van der Waals surface area contributed by atoms with Crippen molar-refractivity contribution in [2.24, 2.45) is 0 Å². The Morgan fingerprint density at radius 3 is 1.71 bits per heavy atom. The van der Waals surface area contributed by atoms with Crippen LogP contribution in [-0.2, 0) is 27.1 Å². The Hall–Kier alpha value is -7.42. The molecule has 0 spiro atoms. The lowest BCUT2D eigenvalue weighted by molar-refractivity contribution is 0.529. The number of rotatable bonds is 6. The van der Waals surface area contributed by atoms with Crippen LogP contribution in [0.4, 0.5) is 17.1 Å². The van der Waals surface area contributed by atoms with E-state index in [2.05, 4.69) is 269 Å². The molecule has 72 heavy (non-hydrogen) atoms. The smallest absolute Gasteiger partial charge is 0.143 e. The van der Waals surface area contributed by atoms with Gasteiger partial charge in [0, 0.05) is 38.7 Å². The van der Waals surface area contributed by atoms with Gasteiger partial charge in [0.15, 0.2) is 0 Å². The van der Waals surface area contributed by atoms with Crippen LogP contribution in [0.1, 0.15) is 126 Å². The largest absolute Gasteiger partial charge is 0.455 e. The molecule has 0 saturated carbocycles. The topological polar surface area (TPSA) is 16.4 Å². The first-order chi connectivity index (χ1) is 34.4. The number of fused-ring (bicyclic) bond motifs is 9. The Labute approximate surface area is 427 Å². The monoisotopic (exact) mass is 936 g/mol. The van der Waals surface area contributed by atoms with E-state index in [9.17, 15) is 0 Å². The van der Waals surface area contributed by atoms with E-state index in [0.29, 0.717) is 0 Å². The molecule has 2 aliphatic carbocycles. The first-order valence-corrected chi connectivity index (χ1v) is 25.9. The molecule has 0 radical (unpaired) electrons. The molecule has 2 nitrogen and oxygen atoms in total. The Morgan fingerprint density at radius 2 is 0.986 bits per heavy atom. The highest BCUT2D eigenvalue weighted by atomic mass is 16.3. The van der Waals surface area contributed by atoms with E-state index >= 15 is 0 Å². The average molecular weight is 936 g/mol. The molecule has 356 valence electrons. The highest BCUT2D eigenvalue weighted by Crippen LogP contribution is 2.62. The van der Waals surface area contributed by atoms with Crippen molar-refractivity contribution in [3.05, 3.63) is 244 Å². The molecule has 0 N–H and O–H groups in total. The van der Waals surface area contributed by atoms with E-state index in [1.54, 1.807) is 0 Å². The highest BCUT2D eigenvalue weighted by Gasteiger charge is 2.49. The molecule has 0 aliphatic heterocycles. The fraction of sp³-hybridized carbons (Fsp3) is 0.229. The molecule has 2 aliphatic rings. The number of hydrogen-bond donors (Lipinski definition) is 0. The number of anilines is 3. The van der Waals surface area contributed by atoms with E-state index < -0.39 is 5.41 Å². The lowest BCUT2D eigenvalue weighted by atomic mass is 9.65. The van der Waals surface area contributed by atoms with Crippen LogP contribution in [0.2, 0.25) is 0 Å². The maximum absolute atomic E-state index is 6.59. The quantitative estimate of drug-likeness (QED) is 0.165. The van der Waals surface area contributed by atoms with Gasteiger partial charge >= 0.3 is 0 Å². The molecule has 1 atom stereocenters. The van der Waals surface area contributed by atoms with Gasteiger partial charge in [0.25, 0.3) is 0 Å². The zero-order chi connectivity index (χ0) is 50.1. The maximum atomic E-state index is 6.59. The molecular formula is C70H65NO. The van der Waals surface area contributed by atoms with Crippen LogP contribution in [0.5, 0.6) is 0 Å². The van der Waals surface area contributed by atoms with Crippen molar-refractivity contribution < 1.29 is 4.42 Å². The van der Waals surface area contributed by atoms with E-state index in [-0.39, 0.29) is 21.7 Å². The van der Waals surface area contributed by atoms with Crippen molar-refractivity contribution >= 4 is 39.0 Å². The number of hydrogen-bond acceptors (Lipinski definition) is 2. The molecule has 2 heteroatoms. The van der Waals surface area contributed by atoms with E-state index in [1.807, 2.05) is 6.07 Å². The SMILES string of the molecule is CC(C)(C)c1ccc(C2(c3ccccc3)c3cc(C(C)(C)C)c(C(C)(C)C)cc3-c3c(N(c4ccc(-c5cccc6c5oc5ccccc56)cc4)c4ccc5c(c4)C(C)(C)c4ccccc4-5)cccc32)cc1. The molecule has 0 bridgehead atoms. The van der Waals surface area contributed by atoms with Crippen molar-refractivity contribution in [3.63, 3.8) is 0 Å². The van der Waals surface area contributed by atoms with Crippen LogP contribution >= 0.6 is 0 Å². The van der Waals surface area contributed by atoms with Crippen molar-refractivity contribution in [1.29, 1.82) is 0 Å². The third kappa shape index (κ3) is 6.89.